The van der Waals surface area contributed by atoms with Gasteiger partial charge in [0.25, 0.3) is 0 Å². The van der Waals surface area contributed by atoms with E-state index in [-0.39, 0.29) is 13.0 Å². The molecule has 1 atom stereocenters. The molecule has 0 saturated heterocycles. The third kappa shape index (κ3) is 6.42. The number of aliphatic carboxylic acids is 1. The molecule has 1 unspecified atom stereocenters. The van der Waals surface area contributed by atoms with Gasteiger partial charge < -0.3 is 24.1 Å². The Bertz CT molecular complexity index is 910. The summed E-state index contributed by atoms with van der Waals surface area (Å²) in [6.07, 6.45) is 1.05. The fourth-order valence-electron chi connectivity index (χ4n) is 2.46. The normalized spacial score (nSPS) is 11.7. The molecule has 2 heterocycles. The van der Waals surface area contributed by atoms with Gasteiger partial charge in [0.05, 0.1) is 12.0 Å². The van der Waals surface area contributed by atoms with Gasteiger partial charge in [0.1, 0.15) is 12.6 Å². The van der Waals surface area contributed by atoms with Crippen LogP contribution in [0.15, 0.2) is 63.7 Å². The van der Waals surface area contributed by atoms with Crippen LogP contribution in [0.4, 0.5) is 4.79 Å². The number of alkyl carbamates (subject to hydrolysis) is 1. The quantitative estimate of drug-likeness (QED) is 0.478. The second-order valence-electron chi connectivity index (χ2n) is 6.10. The van der Waals surface area contributed by atoms with E-state index in [1.54, 1.807) is 24.5 Å². The Hall–Kier alpha value is -3.20. The maximum atomic E-state index is 11.9. The van der Waals surface area contributed by atoms with Crippen molar-refractivity contribution in [3.8, 4) is 11.5 Å². The number of hydrogen-bond acceptors (Lipinski definition) is 7. The minimum absolute atomic E-state index is 0.0813. The van der Waals surface area contributed by atoms with Gasteiger partial charge in [0, 0.05) is 11.8 Å². The van der Waals surface area contributed by atoms with Crippen LogP contribution >= 0.6 is 11.8 Å². The summed E-state index contributed by atoms with van der Waals surface area (Å²) >= 11 is 1.49. The van der Waals surface area contributed by atoms with Crippen molar-refractivity contribution in [2.75, 3.05) is 5.75 Å². The van der Waals surface area contributed by atoms with E-state index >= 15 is 0 Å². The fourth-order valence-corrected chi connectivity index (χ4v) is 3.35. The number of aromatic nitrogens is 1. The SMILES string of the molecule is O=C(NC(CCSCc1cc(-c2ccco2)on1)C(=O)O)OCc1ccccc1. The van der Waals surface area contributed by atoms with Crippen LogP contribution in [0.2, 0.25) is 0 Å². The summed E-state index contributed by atoms with van der Waals surface area (Å²) < 4.78 is 15.5. The summed E-state index contributed by atoms with van der Waals surface area (Å²) in [6, 6.07) is 13.5. The average Bonchev–Trinajstić information content (AvgIpc) is 3.41. The number of carbonyl (C=O) groups excluding carboxylic acids is 1. The number of nitrogens with zero attached hydrogens (tertiary/aromatic N) is 1. The number of carboxylic acids is 1. The number of thioether (sulfide) groups is 1. The van der Waals surface area contributed by atoms with Crippen LogP contribution in [-0.4, -0.2) is 34.1 Å². The van der Waals surface area contributed by atoms with Crippen LogP contribution in [0.3, 0.4) is 0 Å². The monoisotopic (exact) mass is 416 g/mol. The predicted octanol–water partition coefficient (Wildman–Crippen LogP) is 3.94. The number of furan rings is 1. The molecule has 0 aliphatic heterocycles. The zero-order valence-corrected chi connectivity index (χ0v) is 16.3. The van der Waals surface area contributed by atoms with E-state index in [1.165, 1.54) is 11.8 Å². The Kier molecular flexibility index (Phi) is 7.34. The molecule has 0 bridgehead atoms. The van der Waals surface area contributed by atoms with E-state index in [2.05, 4.69) is 10.5 Å². The van der Waals surface area contributed by atoms with Crippen molar-refractivity contribution in [3.05, 3.63) is 66.1 Å². The van der Waals surface area contributed by atoms with Crippen molar-refractivity contribution in [2.24, 2.45) is 0 Å². The van der Waals surface area contributed by atoms with Crippen molar-refractivity contribution in [1.82, 2.24) is 10.5 Å². The van der Waals surface area contributed by atoms with Crippen molar-refractivity contribution in [1.29, 1.82) is 0 Å². The number of nitrogens with one attached hydrogen (secondary N) is 1. The van der Waals surface area contributed by atoms with E-state index < -0.39 is 18.1 Å². The van der Waals surface area contributed by atoms with Gasteiger partial charge in [-0.25, -0.2) is 9.59 Å². The van der Waals surface area contributed by atoms with Crippen LogP contribution < -0.4 is 5.32 Å². The van der Waals surface area contributed by atoms with E-state index in [9.17, 15) is 14.7 Å². The van der Waals surface area contributed by atoms with Crippen molar-refractivity contribution in [3.63, 3.8) is 0 Å². The lowest BCUT2D eigenvalue weighted by Gasteiger charge is -2.14. The molecule has 2 aromatic heterocycles. The molecule has 0 fully saturated rings. The maximum absolute atomic E-state index is 11.9. The van der Waals surface area contributed by atoms with Crippen LogP contribution in [-0.2, 0) is 21.9 Å². The summed E-state index contributed by atoms with van der Waals surface area (Å²) in [4.78, 5) is 23.3. The Morgan fingerprint density at radius 1 is 1.17 bits per heavy atom. The molecule has 1 aromatic carbocycles. The lowest BCUT2D eigenvalue weighted by molar-refractivity contribution is -0.139. The first-order valence-corrected chi connectivity index (χ1v) is 10.0. The van der Waals surface area contributed by atoms with Crippen LogP contribution in [0.25, 0.3) is 11.5 Å². The van der Waals surface area contributed by atoms with E-state index in [0.29, 0.717) is 23.0 Å². The minimum atomic E-state index is -1.11. The Labute approximate surface area is 171 Å². The molecule has 3 aromatic rings. The predicted molar refractivity (Wildman–Crippen MR) is 106 cm³/mol. The molecule has 0 aliphatic carbocycles. The zero-order valence-electron chi connectivity index (χ0n) is 15.4. The molecule has 0 spiro atoms. The number of rotatable bonds is 10. The highest BCUT2D eigenvalue weighted by atomic mass is 32.2. The fraction of sp³-hybridized carbons (Fsp3) is 0.250. The molecule has 9 heteroatoms. The summed E-state index contributed by atoms with van der Waals surface area (Å²) in [6.45, 7) is 0.0813. The molecule has 0 saturated carbocycles. The second kappa shape index (κ2) is 10.4. The summed E-state index contributed by atoms with van der Waals surface area (Å²) in [5, 5.41) is 15.7. The number of carbonyl (C=O) groups is 2. The number of benzene rings is 1. The lowest BCUT2D eigenvalue weighted by Crippen LogP contribution is -2.41. The highest BCUT2D eigenvalue weighted by Crippen LogP contribution is 2.22. The number of ether oxygens (including phenoxy) is 1. The van der Waals surface area contributed by atoms with Gasteiger partial charge in [-0.15, -0.1) is 0 Å². The molecule has 3 rings (SSSR count). The first-order valence-electron chi connectivity index (χ1n) is 8.89. The van der Waals surface area contributed by atoms with Crippen LogP contribution in [0.1, 0.15) is 17.7 Å². The number of hydrogen-bond donors (Lipinski definition) is 2. The van der Waals surface area contributed by atoms with Gasteiger partial charge in [-0.2, -0.15) is 11.8 Å². The van der Waals surface area contributed by atoms with Gasteiger partial charge >= 0.3 is 12.1 Å². The highest BCUT2D eigenvalue weighted by molar-refractivity contribution is 7.98. The van der Waals surface area contributed by atoms with Crippen LogP contribution in [0.5, 0.6) is 0 Å². The van der Waals surface area contributed by atoms with Crippen LogP contribution in [0, 0.1) is 0 Å². The third-order valence-electron chi connectivity index (χ3n) is 3.93. The molecule has 0 aliphatic rings. The van der Waals surface area contributed by atoms with E-state index in [0.717, 1.165) is 11.3 Å². The summed E-state index contributed by atoms with van der Waals surface area (Å²) in [7, 11) is 0. The summed E-state index contributed by atoms with van der Waals surface area (Å²) in [5.74, 6) is 1.09. The summed E-state index contributed by atoms with van der Waals surface area (Å²) in [5.41, 5.74) is 1.55. The van der Waals surface area contributed by atoms with Gasteiger partial charge in [-0.1, -0.05) is 35.5 Å². The molecule has 8 nitrogen and oxygen atoms in total. The Morgan fingerprint density at radius 2 is 2.00 bits per heavy atom. The molecule has 29 heavy (non-hydrogen) atoms. The largest absolute Gasteiger partial charge is 0.480 e. The van der Waals surface area contributed by atoms with Gasteiger partial charge in [-0.05, 0) is 29.9 Å². The molecule has 0 radical (unpaired) electrons. The topological polar surface area (TPSA) is 115 Å². The van der Waals surface area contributed by atoms with Crippen molar-refractivity contribution in [2.45, 2.75) is 24.8 Å². The molecule has 2 N–H and O–H groups in total. The highest BCUT2D eigenvalue weighted by Gasteiger charge is 2.20. The van der Waals surface area contributed by atoms with Gasteiger partial charge in [0.2, 0.25) is 5.76 Å². The maximum Gasteiger partial charge on any atom is 0.408 e. The zero-order chi connectivity index (χ0) is 20.5. The molecule has 152 valence electrons. The van der Waals surface area contributed by atoms with Gasteiger partial charge in [0.15, 0.2) is 5.76 Å². The smallest absolute Gasteiger partial charge is 0.408 e. The second-order valence-corrected chi connectivity index (χ2v) is 7.20. The molecular formula is C20H20N2O6S. The first kappa shape index (κ1) is 20.5. The Morgan fingerprint density at radius 3 is 2.72 bits per heavy atom. The lowest BCUT2D eigenvalue weighted by atomic mass is 10.2. The van der Waals surface area contributed by atoms with E-state index in [4.69, 9.17) is 13.7 Å². The number of carboxylic acid groups (broad SMARTS) is 1. The first-order chi connectivity index (χ1) is 14.1. The Balaban J connectivity index is 1.39. The van der Waals surface area contributed by atoms with Crippen molar-refractivity contribution >= 4 is 23.8 Å². The average molecular weight is 416 g/mol. The van der Waals surface area contributed by atoms with E-state index in [1.807, 2.05) is 30.3 Å². The number of amides is 1. The van der Waals surface area contributed by atoms with Crippen molar-refractivity contribution < 1.29 is 28.4 Å². The molecular weight excluding hydrogens is 396 g/mol. The molecule has 1 amide bonds. The minimum Gasteiger partial charge on any atom is -0.480 e. The third-order valence-corrected chi connectivity index (χ3v) is 4.95. The van der Waals surface area contributed by atoms with Gasteiger partial charge in [-0.3, -0.25) is 0 Å². The standard InChI is InChI=1S/C20H20N2O6S/c23-19(24)16(21-20(25)27-12-14-5-2-1-3-6-14)8-10-29-13-15-11-18(28-22-15)17-7-4-9-26-17/h1-7,9,11,16H,8,10,12-13H2,(H,21,25)(H,23,24).